The third-order valence-electron chi connectivity index (χ3n) is 5.68. The summed E-state index contributed by atoms with van der Waals surface area (Å²) < 4.78 is 13.9. The Morgan fingerprint density at radius 2 is 2.00 bits per heavy atom. The van der Waals surface area contributed by atoms with Gasteiger partial charge in [0.2, 0.25) is 0 Å². The van der Waals surface area contributed by atoms with Crippen LogP contribution in [0.1, 0.15) is 22.1 Å². The summed E-state index contributed by atoms with van der Waals surface area (Å²) >= 11 is 0. The SMILES string of the molecule is CN(C)C(=O)N1C[C@H]2CN(c3cncc(C(N)=O)n3)C[C@H]2[C@@H]1c1cccc(F)c1. The van der Waals surface area contributed by atoms with Crippen molar-refractivity contribution in [2.45, 2.75) is 6.04 Å². The number of rotatable bonds is 3. The van der Waals surface area contributed by atoms with E-state index in [9.17, 15) is 14.0 Å². The van der Waals surface area contributed by atoms with Crippen molar-refractivity contribution in [3.63, 3.8) is 0 Å². The Morgan fingerprint density at radius 3 is 2.69 bits per heavy atom. The zero-order valence-electron chi connectivity index (χ0n) is 16.3. The maximum atomic E-state index is 13.9. The van der Waals surface area contributed by atoms with Gasteiger partial charge in [0.05, 0.1) is 18.4 Å². The van der Waals surface area contributed by atoms with Gasteiger partial charge in [-0.3, -0.25) is 9.78 Å². The van der Waals surface area contributed by atoms with Crippen LogP contribution in [0.15, 0.2) is 36.7 Å². The Balaban J connectivity index is 1.64. The van der Waals surface area contributed by atoms with Crippen molar-refractivity contribution in [2.75, 3.05) is 38.6 Å². The number of aromatic nitrogens is 2. The standard InChI is InChI=1S/C20H23FN6O2/c1-25(2)20(29)27-10-13-9-26(17-8-23-7-16(24-17)19(22)28)11-15(13)18(27)12-4-3-5-14(21)6-12/h3-8,13,15,18H,9-11H2,1-2H3,(H2,22,28)/t13-,15-,18+/m1/s1. The molecule has 4 rings (SSSR count). The molecule has 2 aliphatic heterocycles. The van der Waals surface area contributed by atoms with Gasteiger partial charge in [-0.25, -0.2) is 14.2 Å². The van der Waals surface area contributed by atoms with Crippen molar-refractivity contribution in [1.82, 2.24) is 19.8 Å². The van der Waals surface area contributed by atoms with Crippen LogP contribution < -0.4 is 10.6 Å². The molecule has 152 valence electrons. The Labute approximate surface area is 168 Å². The Hall–Kier alpha value is -3.23. The summed E-state index contributed by atoms with van der Waals surface area (Å²) in [5.41, 5.74) is 6.22. The maximum Gasteiger partial charge on any atom is 0.320 e. The molecule has 3 atom stereocenters. The van der Waals surface area contributed by atoms with Crippen LogP contribution in [-0.4, -0.2) is 65.4 Å². The van der Waals surface area contributed by atoms with E-state index < -0.39 is 5.91 Å². The highest BCUT2D eigenvalue weighted by atomic mass is 19.1. The molecule has 9 heteroatoms. The molecule has 3 amide bonds. The van der Waals surface area contributed by atoms with Crippen LogP contribution in [0.4, 0.5) is 15.0 Å². The number of hydrogen-bond acceptors (Lipinski definition) is 5. The quantitative estimate of drug-likeness (QED) is 0.846. The molecule has 2 aromatic rings. The first-order chi connectivity index (χ1) is 13.8. The lowest BCUT2D eigenvalue weighted by molar-refractivity contribution is 0.0995. The zero-order chi connectivity index (χ0) is 20.7. The molecule has 0 spiro atoms. The first-order valence-electron chi connectivity index (χ1n) is 9.45. The predicted molar refractivity (Wildman–Crippen MR) is 105 cm³/mol. The molecule has 8 nitrogen and oxygen atoms in total. The number of amides is 3. The second kappa shape index (κ2) is 7.31. The van der Waals surface area contributed by atoms with E-state index in [1.807, 2.05) is 11.0 Å². The molecule has 1 aromatic carbocycles. The number of nitrogens with zero attached hydrogens (tertiary/aromatic N) is 5. The summed E-state index contributed by atoms with van der Waals surface area (Å²) in [7, 11) is 3.44. The highest BCUT2D eigenvalue weighted by molar-refractivity contribution is 5.90. The van der Waals surface area contributed by atoms with E-state index in [4.69, 9.17) is 5.73 Å². The Bertz CT molecular complexity index is 952. The monoisotopic (exact) mass is 398 g/mol. The molecule has 0 radical (unpaired) electrons. The molecule has 3 heterocycles. The molecule has 29 heavy (non-hydrogen) atoms. The third-order valence-corrected chi connectivity index (χ3v) is 5.68. The lowest BCUT2D eigenvalue weighted by atomic mass is 9.89. The number of carbonyl (C=O) groups excluding carboxylic acids is 2. The normalized spacial score (nSPS) is 23.2. The highest BCUT2D eigenvalue weighted by Gasteiger charge is 2.49. The van der Waals surface area contributed by atoms with Gasteiger partial charge in [-0.05, 0) is 17.7 Å². The van der Waals surface area contributed by atoms with E-state index >= 15 is 0 Å². The molecule has 1 aromatic heterocycles. The van der Waals surface area contributed by atoms with Gasteiger partial charge in [0.15, 0.2) is 0 Å². The fraction of sp³-hybridized carbons (Fsp3) is 0.400. The average molecular weight is 398 g/mol. The van der Waals surface area contributed by atoms with Crippen molar-refractivity contribution in [3.8, 4) is 0 Å². The van der Waals surface area contributed by atoms with Crippen molar-refractivity contribution < 1.29 is 14.0 Å². The van der Waals surface area contributed by atoms with Crippen molar-refractivity contribution in [3.05, 3.63) is 53.7 Å². The summed E-state index contributed by atoms with van der Waals surface area (Å²) in [4.78, 5) is 38.0. The van der Waals surface area contributed by atoms with E-state index in [1.165, 1.54) is 18.3 Å². The topological polar surface area (TPSA) is 95.7 Å². The summed E-state index contributed by atoms with van der Waals surface area (Å²) in [5, 5.41) is 0. The van der Waals surface area contributed by atoms with Crippen LogP contribution in [0.3, 0.4) is 0 Å². The van der Waals surface area contributed by atoms with Crippen LogP contribution in [0.5, 0.6) is 0 Å². The molecule has 2 N–H and O–H groups in total. The molecule has 0 aliphatic carbocycles. The number of urea groups is 1. The van der Waals surface area contributed by atoms with Gasteiger partial charge < -0.3 is 20.4 Å². The number of anilines is 1. The van der Waals surface area contributed by atoms with Crippen molar-refractivity contribution in [2.24, 2.45) is 17.6 Å². The summed E-state index contributed by atoms with van der Waals surface area (Å²) in [5.74, 6) is -0.0534. The van der Waals surface area contributed by atoms with Gasteiger partial charge in [0.1, 0.15) is 17.3 Å². The van der Waals surface area contributed by atoms with E-state index in [-0.39, 0.29) is 35.4 Å². The molecule has 0 unspecified atom stereocenters. The summed E-state index contributed by atoms with van der Waals surface area (Å²) in [6.45, 7) is 1.87. The number of hydrogen-bond donors (Lipinski definition) is 1. The zero-order valence-corrected chi connectivity index (χ0v) is 16.3. The second-order valence-corrected chi connectivity index (χ2v) is 7.78. The van der Waals surface area contributed by atoms with E-state index in [1.54, 1.807) is 31.3 Å². The van der Waals surface area contributed by atoms with E-state index in [0.717, 1.165) is 5.56 Å². The van der Waals surface area contributed by atoms with E-state index in [0.29, 0.717) is 25.5 Å². The molecular weight excluding hydrogens is 375 g/mol. The Morgan fingerprint density at radius 1 is 1.21 bits per heavy atom. The number of benzene rings is 1. The molecule has 2 saturated heterocycles. The van der Waals surface area contributed by atoms with Crippen LogP contribution in [0.2, 0.25) is 0 Å². The van der Waals surface area contributed by atoms with Crippen LogP contribution in [0, 0.1) is 17.7 Å². The molecule has 2 fully saturated rings. The molecule has 2 aliphatic rings. The van der Waals surface area contributed by atoms with Crippen LogP contribution in [-0.2, 0) is 0 Å². The number of primary amides is 1. The highest BCUT2D eigenvalue weighted by Crippen LogP contribution is 2.46. The number of nitrogens with two attached hydrogens (primary N) is 1. The number of carbonyl (C=O) groups is 2. The van der Waals surface area contributed by atoms with Crippen LogP contribution in [0.25, 0.3) is 0 Å². The smallest absolute Gasteiger partial charge is 0.320 e. The summed E-state index contributed by atoms with van der Waals surface area (Å²) in [6, 6.07) is 6.12. The molecule has 0 bridgehead atoms. The van der Waals surface area contributed by atoms with Gasteiger partial charge in [-0.1, -0.05) is 12.1 Å². The van der Waals surface area contributed by atoms with Gasteiger partial charge in [-0.15, -0.1) is 0 Å². The van der Waals surface area contributed by atoms with Gasteiger partial charge in [-0.2, -0.15) is 0 Å². The number of likely N-dealkylation sites (tertiary alicyclic amines) is 1. The largest absolute Gasteiger partial charge is 0.364 e. The van der Waals surface area contributed by atoms with Crippen LogP contribution >= 0.6 is 0 Å². The lowest BCUT2D eigenvalue weighted by Crippen LogP contribution is -2.41. The first kappa shape index (κ1) is 19.1. The molecular formula is C20H23FN6O2. The summed E-state index contributed by atoms with van der Waals surface area (Å²) in [6.07, 6.45) is 2.95. The minimum atomic E-state index is -0.626. The van der Waals surface area contributed by atoms with E-state index in [2.05, 4.69) is 14.9 Å². The van der Waals surface area contributed by atoms with Gasteiger partial charge in [0.25, 0.3) is 5.91 Å². The van der Waals surface area contributed by atoms with Gasteiger partial charge in [0, 0.05) is 45.6 Å². The third kappa shape index (κ3) is 3.48. The van der Waals surface area contributed by atoms with Gasteiger partial charge >= 0.3 is 6.03 Å². The molecule has 0 saturated carbocycles. The van der Waals surface area contributed by atoms with Crippen molar-refractivity contribution >= 4 is 17.8 Å². The maximum absolute atomic E-state index is 13.9. The average Bonchev–Trinajstić information content (AvgIpc) is 3.25. The van der Waals surface area contributed by atoms with Crippen molar-refractivity contribution in [1.29, 1.82) is 0 Å². The lowest BCUT2D eigenvalue weighted by Gasteiger charge is -2.32. The second-order valence-electron chi connectivity index (χ2n) is 7.78. The number of halogens is 1. The fourth-order valence-corrected chi connectivity index (χ4v) is 4.43. The fourth-order valence-electron chi connectivity index (χ4n) is 4.43. The first-order valence-corrected chi connectivity index (χ1v) is 9.45. The minimum absolute atomic E-state index is 0.0873. The number of fused-ring (bicyclic) bond motifs is 1. The predicted octanol–water partition coefficient (Wildman–Crippen LogP) is 1.51. The minimum Gasteiger partial charge on any atom is -0.364 e. The Kier molecular flexibility index (Phi) is 4.81.